The van der Waals surface area contributed by atoms with Crippen molar-refractivity contribution >= 4 is 11.9 Å². The lowest BCUT2D eigenvalue weighted by molar-refractivity contribution is 0.0210. The third-order valence-electron chi connectivity index (χ3n) is 9.56. The molecular weight excluding hydrogens is 576 g/mol. The van der Waals surface area contributed by atoms with Crippen LogP contribution >= 0.6 is 0 Å². The molecule has 218 valence electrons. The van der Waals surface area contributed by atoms with Crippen LogP contribution in [-0.4, -0.2) is 11.9 Å². The zero-order valence-electron chi connectivity index (χ0n) is 24.2. The Labute approximate surface area is 263 Å². The van der Waals surface area contributed by atoms with Gasteiger partial charge in [0.1, 0.15) is 23.0 Å². The van der Waals surface area contributed by atoms with Gasteiger partial charge in [0.2, 0.25) is 0 Å². The van der Waals surface area contributed by atoms with Crippen LogP contribution in [-0.2, 0) is 20.7 Å². The molecule has 0 radical (unpaired) electrons. The van der Waals surface area contributed by atoms with Crippen molar-refractivity contribution in [2.24, 2.45) is 0 Å². The summed E-state index contributed by atoms with van der Waals surface area (Å²) in [7, 11) is 0. The number of esters is 2. The molecule has 2 spiro atoms. The molecule has 0 N–H and O–H groups in total. The first-order valence-electron chi connectivity index (χ1n) is 15.1. The molecule has 0 bridgehead atoms. The lowest BCUT2D eigenvalue weighted by Gasteiger charge is -2.40. The largest absolute Gasteiger partial charge is 0.456 e. The highest BCUT2D eigenvalue weighted by Gasteiger charge is 2.57. The minimum absolute atomic E-state index is 0.407. The Hall–Kier alpha value is -6.14. The van der Waals surface area contributed by atoms with Crippen LogP contribution in [0.3, 0.4) is 0 Å². The monoisotopic (exact) mass is 598 g/mol. The van der Waals surface area contributed by atoms with Gasteiger partial charge in [-0.15, -0.1) is 0 Å². The van der Waals surface area contributed by atoms with E-state index in [-0.39, 0.29) is 0 Å². The maximum atomic E-state index is 13.6. The normalized spacial score (nSPS) is 20.7. The highest BCUT2D eigenvalue weighted by molar-refractivity contribution is 6.00. The smallest absolute Gasteiger partial charge is 0.340 e. The van der Waals surface area contributed by atoms with Gasteiger partial charge in [0.25, 0.3) is 0 Å². The molecule has 4 heterocycles. The molecule has 46 heavy (non-hydrogen) atoms. The first-order chi connectivity index (χ1) is 22.6. The number of hydrogen-bond acceptors (Lipinski definition) is 6. The Kier molecular flexibility index (Phi) is 4.79. The van der Waals surface area contributed by atoms with Crippen LogP contribution in [0.2, 0.25) is 0 Å². The van der Waals surface area contributed by atoms with E-state index in [4.69, 9.17) is 18.9 Å². The van der Waals surface area contributed by atoms with Crippen molar-refractivity contribution in [3.63, 3.8) is 0 Å². The van der Waals surface area contributed by atoms with Crippen molar-refractivity contribution < 1.29 is 28.5 Å². The van der Waals surface area contributed by atoms with E-state index >= 15 is 0 Å². The minimum atomic E-state index is -1.29. The maximum absolute atomic E-state index is 13.6. The van der Waals surface area contributed by atoms with Gasteiger partial charge in [-0.3, -0.25) is 0 Å². The van der Waals surface area contributed by atoms with Crippen molar-refractivity contribution in [3.8, 4) is 34.1 Å². The molecule has 0 amide bonds. The molecule has 0 aromatic heterocycles. The van der Waals surface area contributed by atoms with Gasteiger partial charge in [0.05, 0.1) is 22.3 Å². The van der Waals surface area contributed by atoms with E-state index in [1.54, 1.807) is 12.1 Å². The second-order valence-corrected chi connectivity index (χ2v) is 11.8. The number of carbonyl (C=O) groups excluding carboxylic acids is 2. The number of rotatable bonds is 1. The zero-order chi connectivity index (χ0) is 30.6. The Bertz CT molecular complexity index is 2180. The maximum Gasteiger partial charge on any atom is 0.340 e. The minimum Gasteiger partial charge on any atom is -0.456 e. The van der Waals surface area contributed by atoms with E-state index in [0.717, 1.165) is 33.4 Å². The van der Waals surface area contributed by atoms with Gasteiger partial charge in [0.15, 0.2) is 11.2 Å². The summed E-state index contributed by atoms with van der Waals surface area (Å²) >= 11 is 0. The fourth-order valence-corrected chi connectivity index (χ4v) is 7.81. The standard InChI is InChI=1S/C40H22O6/c41-37-25-11-1-3-15-27(25)39(45-37)29-17-5-7-19-31(29)43-33-21-9-13-23(35(33)39)24-14-10-22-34-36(24)40(30-18-6-8-20-32(30)44-34)28-16-4-2-12-26(28)38(42)46-40/h1-22H. The average molecular weight is 599 g/mol. The third-order valence-corrected chi connectivity index (χ3v) is 9.56. The van der Waals surface area contributed by atoms with Crippen LogP contribution in [0, 0.1) is 0 Å². The summed E-state index contributed by atoms with van der Waals surface area (Å²) in [4.78, 5) is 27.2. The second-order valence-electron chi connectivity index (χ2n) is 11.8. The quantitative estimate of drug-likeness (QED) is 0.177. The van der Waals surface area contributed by atoms with E-state index in [1.807, 2.05) is 121 Å². The van der Waals surface area contributed by atoms with Gasteiger partial charge in [-0.2, -0.15) is 0 Å². The highest BCUT2D eigenvalue weighted by atomic mass is 16.6. The molecule has 6 aromatic rings. The van der Waals surface area contributed by atoms with Gasteiger partial charge < -0.3 is 18.9 Å². The third kappa shape index (κ3) is 2.96. The molecule has 6 aromatic carbocycles. The highest BCUT2D eigenvalue weighted by Crippen LogP contribution is 2.62. The molecule has 4 aliphatic rings. The van der Waals surface area contributed by atoms with Crippen molar-refractivity contribution in [1.29, 1.82) is 0 Å². The molecule has 6 heteroatoms. The number of ether oxygens (including phenoxy) is 4. The molecule has 0 saturated heterocycles. The zero-order valence-corrected chi connectivity index (χ0v) is 24.2. The summed E-state index contributed by atoms with van der Waals surface area (Å²) in [5.41, 5.74) is 4.26. The molecule has 2 atom stereocenters. The van der Waals surface area contributed by atoms with Crippen LogP contribution in [0.1, 0.15) is 54.1 Å². The lowest BCUT2D eigenvalue weighted by Crippen LogP contribution is -2.35. The molecule has 0 fully saturated rings. The van der Waals surface area contributed by atoms with Crippen LogP contribution < -0.4 is 9.47 Å². The molecule has 0 aliphatic carbocycles. The molecular formula is C40H22O6. The Morgan fingerprint density at radius 1 is 0.348 bits per heavy atom. The molecule has 10 rings (SSSR count). The van der Waals surface area contributed by atoms with Gasteiger partial charge >= 0.3 is 11.9 Å². The fourth-order valence-electron chi connectivity index (χ4n) is 7.81. The van der Waals surface area contributed by atoms with Crippen LogP contribution in [0.25, 0.3) is 11.1 Å². The van der Waals surface area contributed by atoms with E-state index in [0.29, 0.717) is 45.3 Å². The molecule has 4 aliphatic heterocycles. The van der Waals surface area contributed by atoms with Crippen LogP contribution in [0.15, 0.2) is 133 Å². The van der Waals surface area contributed by atoms with Crippen LogP contribution in [0.4, 0.5) is 0 Å². The molecule has 2 unspecified atom stereocenters. The predicted molar refractivity (Wildman–Crippen MR) is 168 cm³/mol. The van der Waals surface area contributed by atoms with Gasteiger partial charge in [-0.1, -0.05) is 97.1 Å². The van der Waals surface area contributed by atoms with Crippen LogP contribution in [0.5, 0.6) is 23.0 Å². The Morgan fingerprint density at radius 3 is 1.15 bits per heavy atom. The summed E-state index contributed by atoms with van der Waals surface area (Å²) < 4.78 is 26.2. The van der Waals surface area contributed by atoms with E-state index in [1.165, 1.54) is 0 Å². The summed E-state index contributed by atoms with van der Waals surface area (Å²) in [5, 5.41) is 0. The van der Waals surface area contributed by atoms with Gasteiger partial charge in [-0.05, 0) is 47.5 Å². The summed E-state index contributed by atoms with van der Waals surface area (Å²) in [5.74, 6) is 1.53. The number of fused-ring (bicyclic) bond motifs is 12. The first-order valence-corrected chi connectivity index (χ1v) is 15.1. The fraction of sp³-hybridized carbons (Fsp3) is 0.0500. The lowest BCUT2D eigenvalue weighted by atomic mass is 9.71. The summed E-state index contributed by atoms with van der Waals surface area (Å²) in [6.07, 6.45) is 0. The van der Waals surface area contributed by atoms with E-state index in [2.05, 4.69) is 0 Å². The van der Waals surface area contributed by atoms with Gasteiger partial charge in [0, 0.05) is 22.3 Å². The Morgan fingerprint density at radius 2 is 0.696 bits per heavy atom. The number of carbonyl (C=O) groups is 2. The summed E-state index contributed by atoms with van der Waals surface area (Å²) in [6, 6.07) is 42.0. The second kappa shape index (κ2) is 8.73. The Balaban J connectivity index is 1.33. The molecule has 0 saturated carbocycles. The topological polar surface area (TPSA) is 71.1 Å². The average Bonchev–Trinajstić information content (AvgIpc) is 3.56. The first kappa shape index (κ1) is 25.2. The number of para-hydroxylation sites is 2. The number of hydrogen-bond donors (Lipinski definition) is 0. The van der Waals surface area contributed by atoms with Crippen molar-refractivity contribution in [2.45, 2.75) is 11.2 Å². The van der Waals surface area contributed by atoms with Gasteiger partial charge in [-0.25, -0.2) is 9.59 Å². The molecule has 6 nitrogen and oxygen atoms in total. The van der Waals surface area contributed by atoms with Crippen molar-refractivity contribution in [3.05, 3.63) is 178 Å². The SMILES string of the molecule is O=C1OC2(c3ccccc3Oc3cccc(-c4cccc5c4C4(OC(=O)c6ccccc64)c4ccccc4O5)c32)c2ccccc21. The van der Waals surface area contributed by atoms with Crippen molar-refractivity contribution in [1.82, 2.24) is 0 Å². The summed E-state index contributed by atoms with van der Waals surface area (Å²) in [6.45, 7) is 0. The van der Waals surface area contributed by atoms with E-state index < -0.39 is 23.1 Å². The number of benzene rings is 6. The van der Waals surface area contributed by atoms with E-state index in [9.17, 15) is 9.59 Å². The predicted octanol–water partition coefficient (Wildman–Crippen LogP) is 8.49. The van der Waals surface area contributed by atoms with Crippen molar-refractivity contribution in [2.75, 3.05) is 0 Å².